The second kappa shape index (κ2) is 7.66. The van der Waals surface area contributed by atoms with Crippen molar-refractivity contribution in [2.24, 2.45) is 0 Å². The van der Waals surface area contributed by atoms with E-state index < -0.39 is 17.7 Å². The van der Waals surface area contributed by atoms with Crippen LogP contribution in [-0.2, 0) is 20.8 Å². The molecule has 0 atom stereocenters. The Hall–Kier alpha value is -2.45. The number of carbonyl (C=O) groups is 2. The van der Waals surface area contributed by atoms with Gasteiger partial charge in [0, 0.05) is 25.0 Å². The third kappa shape index (κ3) is 4.45. The summed E-state index contributed by atoms with van der Waals surface area (Å²) < 4.78 is 16.9. The first kappa shape index (κ1) is 19.3. The smallest absolute Gasteiger partial charge is 0.435 e. The lowest BCUT2D eigenvalue weighted by atomic mass is 10.1. The Kier molecular flexibility index (Phi) is 5.48. The molecule has 0 amide bonds. The van der Waals surface area contributed by atoms with Crippen LogP contribution >= 0.6 is 0 Å². The lowest BCUT2D eigenvalue weighted by Crippen LogP contribution is -2.35. The normalized spacial score (nSPS) is 15.7. The molecule has 0 aliphatic carbocycles. The molecule has 0 radical (unpaired) electrons. The molecule has 146 valence electrons. The molecule has 3 rings (SSSR count). The largest absolute Gasteiger partial charge is 0.465 e. The number of benzene rings is 1. The maximum absolute atomic E-state index is 12.7. The van der Waals surface area contributed by atoms with Crippen molar-refractivity contribution in [2.75, 3.05) is 33.4 Å². The summed E-state index contributed by atoms with van der Waals surface area (Å²) in [5, 5.41) is 5.31. The van der Waals surface area contributed by atoms with Crippen molar-refractivity contribution in [1.82, 2.24) is 14.7 Å². The Morgan fingerprint density at radius 1 is 1.22 bits per heavy atom. The summed E-state index contributed by atoms with van der Waals surface area (Å²) in [4.78, 5) is 26.8. The SMILES string of the molecule is COC(=O)c1ccc2c(CN3CCOCC3)nn(C(=O)OC(C)(C)C)c2c1. The molecule has 1 aliphatic heterocycles. The van der Waals surface area contributed by atoms with Gasteiger partial charge in [-0.05, 0) is 39.0 Å². The van der Waals surface area contributed by atoms with Gasteiger partial charge in [-0.1, -0.05) is 0 Å². The van der Waals surface area contributed by atoms with Gasteiger partial charge in [-0.15, -0.1) is 0 Å². The van der Waals surface area contributed by atoms with E-state index in [1.807, 2.05) is 0 Å². The number of hydrogen-bond donors (Lipinski definition) is 0. The van der Waals surface area contributed by atoms with Crippen LogP contribution in [0.4, 0.5) is 4.79 Å². The van der Waals surface area contributed by atoms with Gasteiger partial charge in [0.2, 0.25) is 0 Å². The van der Waals surface area contributed by atoms with E-state index in [2.05, 4.69) is 10.00 Å². The Morgan fingerprint density at radius 3 is 2.56 bits per heavy atom. The second-order valence-electron chi connectivity index (χ2n) is 7.45. The van der Waals surface area contributed by atoms with E-state index in [1.54, 1.807) is 39.0 Å². The van der Waals surface area contributed by atoms with Crippen LogP contribution in [0.15, 0.2) is 18.2 Å². The van der Waals surface area contributed by atoms with Crippen LogP contribution in [0.1, 0.15) is 36.8 Å². The standard InChI is InChI=1S/C19H25N3O5/c1-19(2,3)27-18(24)22-16-11-13(17(23)25-4)5-6-14(16)15(20-22)12-21-7-9-26-10-8-21/h5-6,11H,7-10,12H2,1-4H3. The van der Waals surface area contributed by atoms with Gasteiger partial charge < -0.3 is 14.2 Å². The summed E-state index contributed by atoms with van der Waals surface area (Å²) in [6, 6.07) is 5.09. The minimum Gasteiger partial charge on any atom is -0.465 e. The number of hydrogen-bond acceptors (Lipinski definition) is 7. The van der Waals surface area contributed by atoms with E-state index in [9.17, 15) is 9.59 Å². The molecular formula is C19H25N3O5. The number of fused-ring (bicyclic) bond motifs is 1. The van der Waals surface area contributed by atoms with Crippen molar-refractivity contribution < 1.29 is 23.8 Å². The summed E-state index contributed by atoms with van der Waals surface area (Å²) in [6.45, 7) is 8.95. The summed E-state index contributed by atoms with van der Waals surface area (Å²) >= 11 is 0. The molecule has 0 spiro atoms. The van der Waals surface area contributed by atoms with Gasteiger partial charge in [-0.2, -0.15) is 9.78 Å². The zero-order valence-corrected chi connectivity index (χ0v) is 16.2. The molecule has 8 heteroatoms. The summed E-state index contributed by atoms with van der Waals surface area (Å²) in [5.74, 6) is -0.469. The fraction of sp³-hybridized carbons (Fsp3) is 0.526. The average Bonchev–Trinajstić information content (AvgIpc) is 2.98. The van der Waals surface area contributed by atoms with Crippen LogP contribution in [0, 0.1) is 0 Å². The third-order valence-corrected chi connectivity index (χ3v) is 4.22. The number of carbonyl (C=O) groups excluding carboxylic acids is 2. The van der Waals surface area contributed by atoms with Gasteiger partial charge in [-0.3, -0.25) is 4.90 Å². The number of rotatable bonds is 3. The molecule has 2 aromatic rings. The molecule has 1 fully saturated rings. The molecule has 8 nitrogen and oxygen atoms in total. The number of esters is 1. The lowest BCUT2D eigenvalue weighted by molar-refractivity contribution is 0.0334. The van der Waals surface area contributed by atoms with Gasteiger partial charge >= 0.3 is 12.1 Å². The van der Waals surface area contributed by atoms with Crippen molar-refractivity contribution in [3.05, 3.63) is 29.5 Å². The van der Waals surface area contributed by atoms with Crippen molar-refractivity contribution >= 4 is 23.0 Å². The summed E-state index contributed by atoms with van der Waals surface area (Å²) in [6.07, 6.45) is -0.581. The molecule has 0 N–H and O–H groups in total. The van der Waals surface area contributed by atoms with Crippen molar-refractivity contribution in [1.29, 1.82) is 0 Å². The highest BCUT2D eigenvalue weighted by Gasteiger charge is 2.24. The number of nitrogens with zero attached hydrogens (tertiary/aromatic N) is 3. The minimum absolute atomic E-state index is 0.354. The molecular weight excluding hydrogens is 350 g/mol. The topological polar surface area (TPSA) is 82.9 Å². The van der Waals surface area contributed by atoms with Crippen LogP contribution in [0.2, 0.25) is 0 Å². The summed E-state index contributed by atoms with van der Waals surface area (Å²) in [5.41, 5.74) is 0.983. The third-order valence-electron chi connectivity index (χ3n) is 4.22. The molecule has 0 saturated carbocycles. The zero-order chi connectivity index (χ0) is 19.6. The molecule has 1 aliphatic rings. The van der Waals surface area contributed by atoms with Gasteiger partial charge in [0.25, 0.3) is 0 Å². The van der Waals surface area contributed by atoms with Crippen molar-refractivity contribution in [3.8, 4) is 0 Å². The first-order chi connectivity index (χ1) is 12.8. The minimum atomic E-state index is -0.653. The first-order valence-corrected chi connectivity index (χ1v) is 8.92. The van der Waals surface area contributed by atoms with Crippen LogP contribution < -0.4 is 0 Å². The number of aromatic nitrogens is 2. The van der Waals surface area contributed by atoms with E-state index in [0.717, 1.165) is 24.2 Å². The highest BCUT2D eigenvalue weighted by atomic mass is 16.6. The van der Waals surface area contributed by atoms with E-state index >= 15 is 0 Å². The van der Waals surface area contributed by atoms with Crippen LogP contribution in [0.5, 0.6) is 0 Å². The van der Waals surface area contributed by atoms with Crippen LogP contribution in [-0.4, -0.2) is 65.8 Å². The highest BCUT2D eigenvalue weighted by Crippen LogP contribution is 2.23. The van der Waals surface area contributed by atoms with Gasteiger partial charge in [0.1, 0.15) is 5.60 Å². The average molecular weight is 375 g/mol. The second-order valence-corrected chi connectivity index (χ2v) is 7.45. The van der Waals surface area contributed by atoms with E-state index in [0.29, 0.717) is 30.8 Å². The molecule has 1 aromatic heterocycles. The predicted octanol–water partition coefficient (Wildman–Crippen LogP) is 2.44. The van der Waals surface area contributed by atoms with Crippen molar-refractivity contribution in [2.45, 2.75) is 32.9 Å². The summed E-state index contributed by atoms with van der Waals surface area (Å²) in [7, 11) is 1.32. The van der Waals surface area contributed by atoms with Gasteiger partial charge in [0.15, 0.2) is 0 Å². The number of morpholine rings is 1. The maximum Gasteiger partial charge on any atom is 0.435 e. The Bertz CT molecular complexity index is 847. The maximum atomic E-state index is 12.7. The molecule has 1 saturated heterocycles. The monoisotopic (exact) mass is 375 g/mol. The molecule has 27 heavy (non-hydrogen) atoms. The van der Waals surface area contributed by atoms with Crippen LogP contribution in [0.3, 0.4) is 0 Å². The first-order valence-electron chi connectivity index (χ1n) is 8.92. The lowest BCUT2D eigenvalue weighted by Gasteiger charge is -2.25. The molecule has 1 aromatic carbocycles. The quantitative estimate of drug-likeness (QED) is 0.762. The number of ether oxygens (including phenoxy) is 3. The van der Waals surface area contributed by atoms with Gasteiger partial charge in [0.05, 0.1) is 37.1 Å². The van der Waals surface area contributed by atoms with E-state index in [-0.39, 0.29) is 0 Å². The Labute approximate surface area is 158 Å². The fourth-order valence-corrected chi connectivity index (χ4v) is 2.96. The predicted molar refractivity (Wildman–Crippen MR) is 98.8 cm³/mol. The Morgan fingerprint density at radius 2 is 1.93 bits per heavy atom. The molecule has 2 heterocycles. The zero-order valence-electron chi connectivity index (χ0n) is 16.2. The van der Waals surface area contributed by atoms with E-state index in [1.165, 1.54) is 11.8 Å². The van der Waals surface area contributed by atoms with E-state index in [4.69, 9.17) is 14.2 Å². The molecule has 0 unspecified atom stereocenters. The van der Waals surface area contributed by atoms with Gasteiger partial charge in [-0.25, -0.2) is 9.59 Å². The highest BCUT2D eigenvalue weighted by molar-refractivity contribution is 5.97. The fourth-order valence-electron chi connectivity index (χ4n) is 2.96. The molecule has 0 bridgehead atoms. The number of methoxy groups -OCH3 is 1. The van der Waals surface area contributed by atoms with Crippen LogP contribution in [0.25, 0.3) is 10.9 Å². The Balaban J connectivity index is 2.02. The van der Waals surface area contributed by atoms with Crippen molar-refractivity contribution in [3.63, 3.8) is 0 Å².